The van der Waals surface area contributed by atoms with Gasteiger partial charge in [0.15, 0.2) is 0 Å². The number of hydrogen-bond donors (Lipinski definition) is 2. The van der Waals surface area contributed by atoms with Crippen LogP contribution in [0, 0.1) is 13.8 Å². The lowest BCUT2D eigenvalue weighted by atomic mass is 10.1. The Morgan fingerprint density at radius 3 is 2.35 bits per heavy atom. The number of nitrogens with two attached hydrogens (primary N) is 1. The molecule has 20 heavy (non-hydrogen) atoms. The molecule has 1 aromatic rings. The number of rotatable bonds is 6. The average Bonchev–Trinajstić information content (AvgIpc) is 3.09. The highest BCUT2D eigenvalue weighted by Gasteiger charge is 2.26. The van der Waals surface area contributed by atoms with E-state index in [2.05, 4.69) is 9.62 Å². The van der Waals surface area contributed by atoms with Crippen molar-refractivity contribution >= 4 is 15.7 Å². The molecule has 0 aliphatic heterocycles. The maximum absolute atomic E-state index is 12.4. The van der Waals surface area contributed by atoms with E-state index in [9.17, 15) is 8.42 Å². The Balaban J connectivity index is 2.06. The van der Waals surface area contributed by atoms with E-state index in [0.717, 1.165) is 6.54 Å². The summed E-state index contributed by atoms with van der Waals surface area (Å²) in [5.74, 6) is 0. The molecule has 1 saturated carbocycles. The molecule has 0 bridgehead atoms. The summed E-state index contributed by atoms with van der Waals surface area (Å²) in [5, 5.41) is 0. The largest absolute Gasteiger partial charge is 0.399 e. The molecular formula is C14H23N3O2S. The van der Waals surface area contributed by atoms with E-state index < -0.39 is 10.0 Å². The molecule has 0 spiro atoms. The van der Waals surface area contributed by atoms with Gasteiger partial charge in [0.1, 0.15) is 0 Å². The normalized spacial score (nSPS) is 15.8. The summed E-state index contributed by atoms with van der Waals surface area (Å²) in [6, 6.07) is 4.02. The molecule has 2 rings (SSSR count). The van der Waals surface area contributed by atoms with Crippen LogP contribution in [0.2, 0.25) is 0 Å². The van der Waals surface area contributed by atoms with Crippen LogP contribution in [0.1, 0.15) is 24.0 Å². The third kappa shape index (κ3) is 3.50. The molecule has 1 fully saturated rings. The smallest absolute Gasteiger partial charge is 0.241 e. The Kier molecular flexibility index (Phi) is 4.36. The maximum Gasteiger partial charge on any atom is 0.241 e. The lowest BCUT2D eigenvalue weighted by Crippen LogP contribution is -2.34. The standard InChI is InChI=1S/C14H23N3O2S/c1-10-8-12(15)9-11(2)14(10)20(18,19)16-6-7-17(3)13-4-5-13/h8-9,13,16H,4-7,15H2,1-3H3. The van der Waals surface area contributed by atoms with E-state index in [-0.39, 0.29) is 0 Å². The van der Waals surface area contributed by atoms with Gasteiger partial charge in [0.25, 0.3) is 0 Å². The van der Waals surface area contributed by atoms with Crippen molar-refractivity contribution < 1.29 is 8.42 Å². The number of nitrogens with zero attached hydrogens (tertiary/aromatic N) is 1. The van der Waals surface area contributed by atoms with Gasteiger partial charge in [-0.3, -0.25) is 0 Å². The van der Waals surface area contributed by atoms with Crippen LogP contribution in [0.3, 0.4) is 0 Å². The topological polar surface area (TPSA) is 75.4 Å². The molecule has 1 aromatic carbocycles. The monoisotopic (exact) mass is 297 g/mol. The number of sulfonamides is 1. The molecule has 0 amide bonds. The van der Waals surface area contributed by atoms with Crippen molar-refractivity contribution in [1.29, 1.82) is 0 Å². The lowest BCUT2D eigenvalue weighted by molar-refractivity contribution is 0.329. The second-order valence-corrected chi connectivity index (χ2v) is 7.30. The molecule has 0 radical (unpaired) electrons. The number of nitrogen functional groups attached to an aromatic ring is 1. The molecule has 0 heterocycles. The fraction of sp³-hybridized carbons (Fsp3) is 0.571. The Bertz CT molecular complexity index is 571. The highest BCUT2D eigenvalue weighted by atomic mass is 32.2. The van der Waals surface area contributed by atoms with E-state index in [1.807, 2.05) is 7.05 Å². The van der Waals surface area contributed by atoms with Crippen LogP contribution in [-0.4, -0.2) is 39.5 Å². The number of aryl methyl sites for hydroxylation is 2. The highest BCUT2D eigenvalue weighted by molar-refractivity contribution is 7.89. The summed E-state index contributed by atoms with van der Waals surface area (Å²) in [6.45, 7) is 4.71. The first-order chi connectivity index (χ1) is 9.31. The fourth-order valence-electron chi connectivity index (χ4n) is 2.53. The molecule has 5 nitrogen and oxygen atoms in total. The molecule has 0 saturated heterocycles. The molecule has 1 aliphatic carbocycles. The molecule has 112 valence electrons. The third-order valence-corrected chi connectivity index (χ3v) is 5.44. The number of nitrogens with one attached hydrogen (secondary N) is 1. The molecule has 1 aliphatic rings. The van der Waals surface area contributed by atoms with Gasteiger partial charge in [0.05, 0.1) is 4.90 Å². The summed E-state index contributed by atoms with van der Waals surface area (Å²) >= 11 is 0. The number of hydrogen-bond acceptors (Lipinski definition) is 4. The zero-order chi connectivity index (χ0) is 14.9. The van der Waals surface area contributed by atoms with Gasteiger partial charge < -0.3 is 10.6 Å². The van der Waals surface area contributed by atoms with E-state index in [1.54, 1.807) is 26.0 Å². The van der Waals surface area contributed by atoms with Gasteiger partial charge in [-0.1, -0.05) is 0 Å². The molecule has 0 atom stereocenters. The van der Waals surface area contributed by atoms with Gasteiger partial charge in [-0.15, -0.1) is 0 Å². The number of anilines is 1. The summed E-state index contributed by atoms with van der Waals surface area (Å²) < 4.78 is 27.4. The first-order valence-corrected chi connectivity index (χ1v) is 8.36. The van der Waals surface area contributed by atoms with E-state index in [1.165, 1.54) is 12.8 Å². The quantitative estimate of drug-likeness (QED) is 0.775. The molecule has 3 N–H and O–H groups in total. The second-order valence-electron chi connectivity index (χ2n) is 5.59. The Labute approximate surface area is 121 Å². The van der Waals surface area contributed by atoms with Crippen LogP contribution in [0.5, 0.6) is 0 Å². The van der Waals surface area contributed by atoms with Crippen molar-refractivity contribution in [2.24, 2.45) is 0 Å². The Morgan fingerprint density at radius 1 is 1.30 bits per heavy atom. The minimum Gasteiger partial charge on any atom is -0.399 e. The minimum absolute atomic E-state index is 0.348. The fourth-order valence-corrected chi connectivity index (χ4v) is 4.00. The summed E-state index contributed by atoms with van der Waals surface area (Å²) in [4.78, 5) is 2.55. The van der Waals surface area contributed by atoms with Crippen LogP contribution < -0.4 is 10.5 Å². The van der Waals surface area contributed by atoms with Crippen LogP contribution >= 0.6 is 0 Å². The van der Waals surface area contributed by atoms with Crippen molar-refractivity contribution in [1.82, 2.24) is 9.62 Å². The van der Waals surface area contributed by atoms with E-state index in [0.29, 0.717) is 34.3 Å². The molecule has 0 unspecified atom stereocenters. The van der Waals surface area contributed by atoms with Crippen molar-refractivity contribution in [2.45, 2.75) is 37.6 Å². The Hall–Kier alpha value is -1.11. The van der Waals surface area contributed by atoms with Crippen LogP contribution in [0.15, 0.2) is 17.0 Å². The first-order valence-electron chi connectivity index (χ1n) is 6.88. The predicted molar refractivity (Wildman–Crippen MR) is 81.2 cm³/mol. The lowest BCUT2D eigenvalue weighted by Gasteiger charge is -2.17. The third-order valence-electron chi connectivity index (χ3n) is 3.68. The SMILES string of the molecule is Cc1cc(N)cc(C)c1S(=O)(=O)NCCN(C)C1CC1. The zero-order valence-electron chi connectivity index (χ0n) is 12.3. The van der Waals surface area contributed by atoms with Gasteiger partial charge in [0.2, 0.25) is 10.0 Å². The van der Waals surface area contributed by atoms with Crippen LogP contribution in [-0.2, 0) is 10.0 Å². The van der Waals surface area contributed by atoms with Crippen molar-refractivity contribution in [2.75, 3.05) is 25.9 Å². The first kappa shape index (κ1) is 15.3. The van der Waals surface area contributed by atoms with Crippen molar-refractivity contribution in [3.05, 3.63) is 23.3 Å². The van der Waals surface area contributed by atoms with E-state index in [4.69, 9.17) is 5.73 Å². The highest BCUT2D eigenvalue weighted by Crippen LogP contribution is 2.25. The second kappa shape index (κ2) is 5.71. The van der Waals surface area contributed by atoms with Crippen LogP contribution in [0.4, 0.5) is 5.69 Å². The van der Waals surface area contributed by atoms with Gasteiger partial charge in [0, 0.05) is 24.8 Å². The van der Waals surface area contributed by atoms with Gasteiger partial charge in [-0.25, -0.2) is 13.1 Å². The molecular weight excluding hydrogens is 274 g/mol. The average molecular weight is 297 g/mol. The predicted octanol–water partition coefficient (Wildman–Crippen LogP) is 1.26. The van der Waals surface area contributed by atoms with Crippen molar-refractivity contribution in [3.8, 4) is 0 Å². The summed E-state index contributed by atoms with van der Waals surface area (Å²) in [5.41, 5.74) is 7.69. The van der Waals surface area contributed by atoms with Gasteiger partial charge in [-0.2, -0.15) is 0 Å². The molecule has 6 heteroatoms. The van der Waals surface area contributed by atoms with Gasteiger partial charge in [-0.05, 0) is 57.0 Å². The zero-order valence-corrected chi connectivity index (χ0v) is 13.1. The molecule has 0 aromatic heterocycles. The van der Waals surface area contributed by atoms with Crippen molar-refractivity contribution in [3.63, 3.8) is 0 Å². The number of likely N-dealkylation sites (N-methyl/N-ethyl adjacent to an activating group) is 1. The Morgan fingerprint density at radius 2 is 1.85 bits per heavy atom. The van der Waals surface area contributed by atoms with E-state index >= 15 is 0 Å². The van der Waals surface area contributed by atoms with Crippen LogP contribution in [0.25, 0.3) is 0 Å². The summed E-state index contributed by atoms with van der Waals surface area (Å²) in [7, 11) is -1.44. The van der Waals surface area contributed by atoms with Gasteiger partial charge >= 0.3 is 0 Å². The number of benzene rings is 1. The summed E-state index contributed by atoms with van der Waals surface area (Å²) in [6.07, 6.45) is 2.44. The maximum atomic E-state index is 12.4. The minimum atomic E-state index is -3.47.